The topological polar surface area (TPSA) is 52.7 Å². The maximum atomic E-state index is 13.5. The van der Waals surface area contributed by atoms with E-state index in [0.717, 1.165) is 24.9 Å². The van der Waals surface area contributed by atoms with Crippen LogP contribution in [0.25, 0.3) is 0 Å². The Morgan fingerprint density at radius 1 is 1.35 bits per heavy atom. The third-order valence-electron chi connectivity index (χ3n) is 4.92. The smallest absolute Gasteiger partial charge is 0.225 e. The summed E-state index contributed by atoms with van der Waals surface area (Å²) in [6.45, 7) is 5.38. The molecule has 6 heteroatoms. The molecule has 1 aliphatic rings. The molecule has 0 spiro atoms. The third kappa shape index (κ3) is 5.27. The van der Waals surface area contributed by atoms with Gasteiger partial charge >= 0.3 is 0 Å². The molecular weight excluding hydrogens is 333 g/mol. The number of nitrogens with zero attached hydrogens (tertiary/aromatic N) is 2. The maximum absolute atomic E-state index is 13.5. The van der Waals surface area contributed by atoms with E-state index in [4.69, 9.17) is 0 Å². The first-order valence-electron chi connectivity index (χ1n) is 9.28. The van der Waals surface area contributed by atoms with Crippen molar-refractivity contribution in [3.8, 4) is 0 Å². The van der Waals surface area contributed by atoms with Gasteiger partial charge in [-0.3, -0.25) is 9.59 Å². The second-order valence-electron chi connectivity index (χ2n) is 7.56. The van der Waals surface area contributed by atoms with Crippen molar-refractivity contribution in [1.82, 2.24) is 15.1 Å². The number of rotatable bonds is 6. The molecule has 1 aliphatic heterocycles. The van der Waals surface area contributed by atoms with E-state index in [1.54, 1.807) is 11.0 Å². The molecule has 1 N–H and O–H groups in total. The van der Waals surface area contributed by atoms with Crippen LogP contribution in [0.5, 0.6) is 0 Å². The van der Waals surface area contributed by atoms with Gasteiger partial charge in [-0.1, -0.05) is 26.0 Å². The molecule has 2 rings (SSSR count). The minimum absolute atomic E-state index is 0.0329. The molecule has 0 aromatic heterocycles. The summed E-state index contributed by atoms with van der Waals surface area (Å²) in [5, 5.41) is 3.00. The first kappa shape index (κ1) is 20.4. The number of likely N-dealkylation sites (tertiary alicyclic amines) is 1. The summed E-state index contributed by atoms with van der Waals surface area (Å²) in [5.41, 5.74) is 0.829. The van der Waals surface area contributed by atoms with Gasteiger partial charge in [0, 0.05) is 25.6 Å². The van der Waals surface area contributed by atoms with Crippen molar-refractivity contribution < 1.29 is 14.0 Å². The standard InChI is InChI=1S/C20H30FN3O2/c1-14(2)20(26)24-10-6-8-16(13-24)19(25)22-12-18(23(3)4)15-7-5-9-17(21)11-15/h5,7,9,11,14,16,18H,6,8,10,12-13H2,1-4H3,(H,22,25)/t16-,18+/m1/s1. The van der Waals surface area contributed by atoms with Crippen LogP contribution >= 0.6 is 0 Å². The van der Waals surface area contributed by atoms with Crippen LogP contribution in [-0.2, 0) is 9.59 Å². The number of carbonyl (C=O) groups is 2. The second-order valence-corrected chi connectivity index (χ2v) is 7.56. The molecule has 2 amide bonds. The van der Waals surface area contributed by atoms with Crippen LogP contribution in [0.1, 0.15) is 38.3 Å². The Labute approximate surface area is 155 Å². The zero-order valence-corrected chi connectivity index (χ0v) is 16.2. The Morgan fingerprint density at radius 2 is 2.08 bits per heavy atom. The summed E-state index contributed by atoms with van der Waals surface area (Å²) < 4.78 is 13.5. The summed E-state index contributed by atoms with van der Waals surface area (Å²) >= 11 is 0. The van der Waals surface area contributed by atoms with Crippen molar-refractivity contribution in [2.24, 2.45) is 11.8 Å². The van der Waals surface area contributed by atoms with Crippen molar-refractivity contribution in [3.63, 3.8) is 0 Å². The summed E-state index contributed by atoms with van der Waals surface area (Å²) in [7, 11) is 3.82. The molecule has 1 heterocycles. The molecular formula is C20H30FN3O2. The van der Waals surface area contributed by atoms with Crippen LogP contribution in [0.2, 0.25) is 0 Å². The van der Waals surface area contributed by atoms with Gasteiger partial charge in [0.05, 0.1) is 12.0 Å². The minimum atomic E-state index is -0.282. The fourth-order valence-electron chi connectivity index (χ4n) is 3.41. The van der Waals surface area contributed by atoms with E-state index < -0.39 is 0 Å². The number of halogens is 1. The lowest BCUT2D eigenvalue weighted by Gasteiger charge is -2.33. The van der Waals surface area contributed by atoms with Gasteiger partial charge in [0.1, 0.15) is 5.82 Å². The summed E-state index contributed by atoms with van der Waals surface area (Å²) in [4.78, 5) is 28.6. The predicted octanol–water partition coefficient (Wildman–Crippen LogP) is 2.44. The lowest BCUT2D eigenvalue weighted by Crippen LogP contribution is -2.47. The molecule has 1 saturated heterocycles. The number of hydrogen-bond acceptors (Lipinski definition) is 3. The molecule has 144 valence electrons. The lowest BCUT2D eigenvalue weighted by atomic mass is 9.95. The Kier molecular flexibility index (Phi) is 7.14. The number of piperidine rings is 1. The van der Waals surface area contributed by atoms with Crippen molar-refractivity contribution in [1.29, 1.82) is 0 Å². The highest BCUT2D eigenvalue weighted by Gasteiger charge is 2.29. The van der Waals surface area contributed by atoms with Crippen LogP contribution < -0.4 is 5.32 Å². The average Bonchev–Trinajstić information content (AvgIpc) is 2.61. The molecule has 0 bridgehead atoms. The summed E-state index contributed by atoms with van der Waals surface area (Å²) in [6, 6.07) is 6.35. The van der Waals surface area contributed by atoms with Gasteiger partial charge < -0.3 is 15.1 Å². The van der Waals surface area contributed by atoms with Gasteiger partial charge in [-0.05, 0) is 44.6 Å². The number of hydrogen-bond donors (Lipinski definition) is 1. The Hall–Kier alpha value is -1.95. The first-order chi connectivity index (χ1) is 12.3. The number of nitrogens with one attached hydrogen (secondary N) is 1. The Bertz CT molecular complexity index is 633. The van der Waals surface area contributed by atoms with Gasteiger partial charge in [-0.25, -0.2) is 4.39 Å². The van der Waals surface area contributed by atoms with Crippen molar-refractivity contribution in [3.05, 3.63) is 35.6 Å². The first-order valence-corrected chi connectivity index (χ1v) is 9.28. The zero-order valence-electron chi connectivity index (χ0n) is 16.2. The van der Waals surface area contributed by atoms with Gasteiger partial charge in [-0.15, -0.1) is 0 Å². The largest absolute Gasteiger partial charge is 0.354 e. The van der Waals surface area contributed by atoms with E-state index >= 15 is 0 Å². The van der Waals surface area contributed by atoms with Gasteiger partial charge in [0.2, 0.25) is 11.8 Å². The predicted molar refractivity (Wildman–Crippen MR) is 100.0 cm³/mol. The Morgan fingerprint density at radius 3 is 2.69 bits per heavy atom. The molecule has 0 radical (unpaired) electrons. The zero-order chi connectivity index (χ0) is 19.3. The fourth-order valence-corrected chi connectivity index (χ4v) is 3.41. The number of amides is 2. The van der Waals surface area contributed by atoms with E-state index in [-0.39, 0.29) is 35.5 Å². The van der Waals surface area contributed by atoms with E-state index in [9.17, 15) is 14.0 Å². The molecule has 0 unspecified atom stereocenters. The quantitative estimate of drug-likeness (QED) is 0.845. The van der Waals surface area contributed by atoms with E-state index in [1.807, 2.05) is 38.9 Å². The van der Waals surface area contributed by atoms with Crippen LogP contribution in [0.4, 0.5) is 4.39 Å². The van der Waals surface area contributed by atoms with Crippen molar-refractivity contribution in [2.75, 3.05) is 33.7 Å². The van der Waals surface area contributed by atoms with Crippen LogP contribution in [0.15, 0.2) is 24.3 Å². The molecule has 26 heavy (non-hydrogen) atoms. The highest BCUT2D eigenvalue weighted by Crippen LogP contribution is 2.21. The minimum Gasteiger partial charge on any atom is -0.354 e. The number of likely N-dealkylation sites (N-methyl/N-ethyl adjacent to an activating group) is 1. The number of carbonyl (C=O) groups excluding carboxylic acids is 2. The van der Waals surface area contributed by atoms with E-state index in [1.165, 1.54) is 12.1 Å². The molecule has 1 fully saturated rings. The fraction of sp³-hybridized carbons (Fsp3) is 0.600. The van der Waals surface area contributed by atoms with Crippen LogP contribution in [0.3, 0.4) is 0 Å². The van der Waals surface area contributed by atoms with Crippen molar-refractivity contribution >= 4 is 11.8 Å². The molecule has 0 aliphatic carbocycles. The van der Waals surface area contributed by atoms with Crippen LogP contribution in [0, 0.1) is 17.7 Å². The molecule has 0 saturated carbocycles. The molecule has 1 aromatic carbocycles. The van der Waals surface area contributed by atoms with Crippen LogP contribution in [-0.4, -0.2) is 55.3 Å². The molecule has 5 nitrogen and oxygen atoms in total. The Balaban J connectivity index is 1.96. The highest BCUT2D eigenvalue weighted by molar-refractivity contribution is 5.82. The average molecular weight is 363 g/mol. The third-order valence-corrected chi connectivity index (χ3v) is 4.92. The maximum Gasteiger partial charge on any atom is 0.225 e. The monoisotopic (exact) mass is 363 g/mol. The van der Waals surface area contributed by atoms with Gasteiger partial charge in [0.25, 0.3) is 0 Å². The molecule has 1 aromatic rings. The lowest BCUT2D eigenvalue weighted by molar-refractivity contribution is -0.138. The second kappa shape index (κ2) is 9.12. The molecule has 2 atom stereocenters. The van der Waals surface area contributed by atoms with Gasteiger partial charge in [0.15, 0.2) is 0 Å². The van der Waals surface area contributed by atoms with E-state index in [0.29, 0.717) is 13.1 Å². The van der Waals surface area contributed by atoms with E-state index in [2.05, 4.69) is 5.32 Å². The highest BCUT2D eigenvalue weighted by atomic mass is 19.1. The van der Waals surface area contributed by atoms with Crippen molar-refractivity contribution in [2.45, 2.75) is 32.7 Å². The normalized spacial score (nSPS) is 18.9. The van der Waals surface area contributed by atoms with Gasteiger partial charge in [-0.2, -0.15) is 0 Å². The summed E-state index contributed by atoms with van der Waals surface area (Å²) in [5.74, 6) is -0.441. The summed E-state index contributed by atoms with van der Waals surface area (Å²) in [6.07, 6.45) is 1.64. The number of benzene rings is 1. The SMILES string of the molecule is CC(C)C(=O)N1CCC[C@@H](C(=O)NC[C@@H](c2cccc(F)c2)N(C)C)C1.